The Balaban J connectivity index is 0.00000289. The van der Waals surface area contributed by atoms with Crippen LogP contribution in [-0.4, -0.2) is 28.5 Å². The highest BCUT2D eigenvalue weighted by Gasteiger charge is 2.10. The molecule has 0 aliphatic rings. The first kappa shape index (κ1) is 17.1. The summed E-state index contributed by atoms with van der Waals surface area (Å²) in [5, 5.41) is 2.86. The molecule has 0 spiro atoms. The summed E-state index contributed by atoms with van der Waals surface area (Å²) < 4.78 is 25.4. The van der Waals surface area contributed by atoms with Gasteiger partial charge in [-0.2, -0.15) is 0 Å². The Kier molecular flexibility index (Phi) is 7.18. The predicted molar refractivity (Wildman–Crippen MR) is 82.5 cm³/mol. The van der Waals surface area contributed by atoms with E-state index >= 15 is 0 Å². The molecule has 0 saturated heterocycles. The fourth-order valence-corrected chi connectivity index (χ4v) is 2.01. The molecule has 1 rings (SSSR count). The van der Waals surface area contributed by atoms with Gasteiger partial charge >= 0.3 is 0 Å². The average Bonchev–Trinajstić information content (AvgIpc) is 2.36. The zero-order valence-corrected chi connectivity index (χ0v) is 13.3. The van der Waals surface area contributed by atoms with Crippen molar-refractivity contribution in [2.45, 2.75) is 11.4 Å². The molecule has 1 aromatic rings. The van der Waals surface area contributed by atoms with E-state index in [1.807, 2.05) is 6.07 Å². The number of rotatable bonds is 4. The second-order valence-corrected chi connectivity index (χ2v) is 5.20. The molecule has 0 saturated carbocycles. The van der Waals surface area contributed by atoms with Crippen molar-refractivity contribution in [1.29, 1.82) is 0 Å². The molecule has 0 aliphatic heterocycles. The number of guanidine groups is 1. The second kappa shape index (κ2) is 7.54. The predicted octanol–water partition coefficient (Wildman–Crippen LogP) is 0.247. The SMILES string of the molecule is CN=C(N)NCc1cccc(S(=O)(=O)NC)c1.I. The van der Waals surface area contributed by atoms with Gasteiger partial charge in [-0.25, -0.2) is 13.1 Å². The van der Waals surface area contributed by atoms with Crippen LogP contribution in [0, 0.1) is 0 Å². The number of hydrogen-bond donors (Lipinski definition) is 3. The van der Waals surface area contributed by atoms with Gasteiger partial charge in [-0.3, -0.25) is 4.99 Å². The Morgan fingerprint density at radius 2 is 2.11 bits per heavy atom. The summed E-state index contributed by atoms with van der Waals surface area (Å²) in [6.45, 7) is 0.427. The van der Waals surface area contributed by atoms with Crippen molar-refractivity contribution in [3.63, 3.8) is 0 Å². The number of nitrogens with two attached hydrogens (primary N) is 1. The van der Waals surface area contributed by atoms with Gasteiger partial charge in [0.2, 0.25) is 10.0 Å². The first-order valence-electron chi connectivity index (χ1n) is 4.98. The fourth-order valence-electron chi connectivity index (χ4n) is 1.21. The van der Waals surface area contributed by atoms with Gasteiger partial charge in [0.05, 0.1) is 4.90 Å². The molecule has 0 unspecified atom stereocenters. The van der Waals surface area contributed by atoms with Crippen LogP contribution in [-0.2, 0) is 16.6 Å². The zero-order chi connectivity index (χ0) is 12.9. The molecular formula is C10H17IN4O2S. The summed E-state index contributed by atoms with van der Waals surface area (Å²) in [6.07, 6.45) is 0. The minimum Gasteiger partial charge on any atom is -0.370 e. The van der Waals surface area contributed by atoms with Gasteiger partial charge in [-0.05, 0) is 24.7 Å². The molecule has 0 aromatic heterocycles. The molecule has 0 heterocycles. The molecule has 8 heteroatoms. The Labute approximate surface area is 124 Å². The first-order valence-corrected chi connectivity index (χ1v) is 6.46. The maximum atomic E-state index is 11.6. The fraction of sp³-hybridized carbons (Fsp3) is 0.300. The van der Waals surface area contributed by atoms with E-state index in [4.69, 9.17) is 5.73 Å². The van der Waals surface area contributed by atoms with Crippen molar-refractivity contribution in [1.82, 2.24) is 10.0 Å². The van der Waals surface area contributed by atoms with Crippen molar-refractivity contribution in [2.24, 2.45) is 10.7 Å². The third-order valence-corrected chi connectivity index (χ3v) is 3.60. The maximum absolute atomic E-state index is 11.6. The monoisotopic (exact) mass is 384 g/mol. The number of sulfonamides is 1. The lowest BCUT2D eigenvalue weighted by atomic mass is 10.2. The largest absolute Gasteiger partial charge is 0.370 e. The van der Waals surface area contributed by atoms with E-state index in [9.17, 15) is 8.42 Å². The highest BCUT2D eigenvalue weighted by atomic mass is 127. The summed E-state index contributed by atoms with van der Waals surface area (Å²) in [5.74, 6) is 0.312. The average molecular weight is 384 g/mol. The van der Waals surface area contributed by atoms with Crippen molar-refractivity contribution in [3.8, 4) is 0 Å². The van der Waals surface area contributed by atoms with Crippen LogP contribution in [0.1, 0.15) is 5.56 Å². The lowest BCUT2D eigenvalue weighted by Gasteiger charge is -2.07. The third kappa shape index (κ3) is 4.78. The summed E-state index contributed by atoms with van der Waals surface area (Å²) >= 11 is 0. The topological polar surface area (TPSA) is 96.6 Å². The van der Waals surface area contributed by atoms with E-state index < -0.39 is 10.0 Å². The van der Waals surface area contributed by atoms with Gasteiger partial charge < -0.3 is 11.1 Å². The normalized spacial score (nSPS) is 11.8. The highest BCUT2D eigenvalue weighted by molar-refractivity contribution is 14.0. The molecule has 0 aliphatic carbocycles. The summed E-state index contributed by atoms with van der Waals surface area (Å²) in [4.78, 5) is 3.97. The van der Waals surface area contributed by atoms with Crippen LogP contribution in [0.5, 0.6) is 0 Å². The van der Waals surface area contributed by atoms with Crippen molar-refractivity contribution in [2.75, 3.05) is 14.1 Å². The molecular weight excluding hydrogens is 367 g/mol. The van der Waals surface area contributed by atoms with E-state index in [2.05, 4.69) is 15.0 Å². The summed E-state index contributed by atoms with van der Waals surface area (Å²) in [5.41, 5.74) is 6.29. The molecule has 0 fully saturated rings. The number of halogens is 1. The smallest absolute Gasteiger partial charge is 0.240 e. The molecule has 0 radical (unpaired) electrons. The van der Waals surface area contributed by atoms with Gasteiger partial charge in [-0.1, -0.05) is 12.1 Å². The van der Waals surface area contributed by atoms with Gasteiger partial charge in [0.15, 0.2) is 5.96 Å². The molecule has 0 bridgehead atoms. The van der Waals surface area contributed by atoms with Crippen LogP contribution in [0.2, 0.25) is 0 Å². The van der Waals surface area contributed by atoms with Crippen LogP contribution in [0.3, 0.4) is 0 Å². The standard InChI is InChI=1S/C10H16N4O2S.HI/c1-12-10(11)14-7-8-4-3-5-9(6-8)17(15,16)13-2;/h3-6,13H,7H2,1-2H3,(H3,11,12,14);1H. The quantitative estimate of drug-likeness (QED) is 0.394. The molecule has 18 heavy (non-hydrogen) atoms. The Morgan fingerprint density at radius 3 is 2.67 bits per heavy atom. The number of hydrogen-bond acceptors (Lipinski definition) is 3. The lowest BCUT2D eigenvalue weighted by Crippen LogP contribution is -2.30. The second-order valence-electron chi connectivity index (χ2n) is 3.32. The van der Waals surface area contributed by atoms with E-state index in [1.165, 1.54) is 13.1 Å². The number of nitrogens with zero attached hydrogens (tertiary/aromatic N) is 1. The van der Waals surface area contributed by atoms with Gasteiger partial charge in [0.25, 0.3) is 0 Å². The van der Waals surface area contributed by atoms with Crippen molar-refractivity contribution < 1.29 is 8.42 Å². The molecule has 1 aromatic carbocycles. The van der Waals surface area contributed by atoms with E-state index in [0.29, 0.717) is 12.5 Å². The van der Waals surface area contributed by atoms with Crippen molar-refractivity contribution in [3.05, 3.63) is 29.8 Å². The minimum atomic E-state index is -3.40. The van der Waals surface area contributed by atoms with E-state index in [1.54, 1.807) is 19.2 Å². The Morgan fingerprint density at radius 1 is 1.44 bits per heavy atom. The van der Waals surface area contributed by atoms with Gasteiger partial charge in [0.1, 0.15) is 0 Å². The van der Waals surface area contributed by atoms with Crippen LogP contribution < -0.4 is 15.8 Å². The van der Waals surface area contributed by atoms with Crippen LogP contribution in [0.25, 0.3) is 0 Å². The molecule has 102 valence electrons. The maximum Gasteiger partial charge on any atom is 0.240 e. The third-order valence-electron chi connectivity index (χ3n) is 2.19. The summed E-state index contributed by atoms with van der Waals surface area (Å²) in [6, 6.07) is 6.61. The van der Waals surface area contributed by atoms with Gasteiger partial charge in [0, 0.05) is 13.6 Å². The Bertz CT molecular complexity index is 516. The molecule has 0 atom stereocenters. The van der Waals surface area contributed by atoms with Crippen molar-refractivity contribution >= 4 is 40.0 Å². The van der Waals surface area contributed by atoms with Crippen LogP contribution in [0.4, 0.5) is 0 Å². The summed E-state index contributed by atoms with van der Waals surface area (Å²) in [7, 11) is -0.453. The first-order chi connectivity index (χ1) is 7.99. The van der Waals surface area contributed by atoms with Crippen LogP contribution in [0.15, 0.2) is 34.2 Å². The number of nitrogens with one attached hydrogen (secondary N) is 2. The number of benzene rings is 1. The highest BCUT2D eigenvalue weighted by Crippen LogP contribution is 2.10. The number of aliphatic imine (C=N–C) groups is 1. The lowest BCUT2D eigenvalue weighted by molar-refractivity contribution is 0.588. The molecule has 4 N–H and O–H groups in total. The van der Waals surface area contributed by atoms with Crippen LogP contribution >= 0.6 is 24.0 Å². The minimum absolute atomic E-state index is 0. The zero-order valence-electron chi connectivity index (χ0n) is 10.2. The van der Waals surface area contributed by atoms with E-state index in [-0.39, 0.29) is 28.9 Å². The van der Waals surface area contributed by atoms with E-state index in [0.717, 1.165) is 5.56 Å². The Hall–Kier alpha value is -0.870. The molecule has 0 amide bonds. The van der Waals surface area contributed by atoms with Gasteiger partial charge in [-0.15, -0.1) is 24.0 Å². The molecule has 6 nitrogen and oxygen atoms in total.